The molecular weight excluding hydrogens is 266 g/mol. The summed E-state index contributed by atoms with van der Waals surface area (Å²) < 4.78 is 7.57. The third kappa shape index (κ3) is 5.04. The molecule has 2 atom stereocenters. The Bertz CT molecular complexity index is 476. The van der Waals surface area contributed by atoms with Crippen LogP contribution in [0.25, 0.3) is 0 Å². The molecule has 0 aromatic carbocycles. The van der Waals surface area contributed by atoms with Gasteiger partial charge in [-0.2, -0.15) is 5.10 Å². The molecule has 0 amide bonds. The van der Waals surface area contributed by atoms with Gasteiger partial charge in [0.15, 0.2) is 5.96 Å². The van der Waals surface area contributed by atoms with Crippen LogP contribution in [-0.2, 0) is 11.3 Å². The van der Waals surface area contributed by atoms with Gasteiger partial charge in [-0.1, -0.05) is 6.92 Å². The second kappa shape index (κ2) is 7.45. The smallest absolute Gasteiger partial charge is 0.188 e. The molecule has 6 nitrogen and oxygen atoms in total. The van der Waals surface area contributed by atoms with E-state index < -0.39 is 0 Å². The van der Waals surface area contributed by atoms with Gasteiger partial charge in [0.1, 0.15) is 0 Å². The lowest BCUT2D eigenvalue weighted by Gasteiger charge is -2.13. The van der Waals surface area contributed by atoms with Crippen LogP contribution in [0, 0.1) is 19.8 Å². The highest BCUT2D eigenvalue weighted by Crippen LogP contribution is 2.10. The summed E-state index contributed by atoms with van der Waals surface area (Å²) in [4.78, 5) is 4.40. The number of guanidine groups is 1. The molecule has 0 aliphatic carbocycles. The third-order valence-electron chi connectivity index (χ3n) is 3.70. The molecule has 1 fully saturated rings. The van der Waals surface area contributed by atoms with Crippen molar-refractivity contribution in [2.24, 2.45) is 16.6 Å². The highest BCUT2D eigenvalue weighted by Gasteiger charge is 2.15. The number of nitrogens with two attached hydrogens (primary N) is 1. The number of nitrogens with zero attached hydrogens (tertiary/aromatic N) is 3. The Balaban J connectivity index is 1.72. The van der Waals surface area contributed by atoms with Gasteiger partial charge in [-0.05, 0) is 38.7 Å². The van der Waals surface area contributed by atoms with E-state index in [1.807, 2.05) is 11.6 Å². The second-order valence-corrected chi connectivity index (χ2v) is 5.96. The number of ether oxygens (including phenoxy) is 1. The molecule has 3 N–H and O–H groups in total. The van der Waals surface area contributed by atoms with Gasteiger partial charge in [-0.25, -0.2) is 0 Å². The monoisotopic (exact) mass is 293 g/mol. The molecule has 1 aliphatic rings. The zero-order valence-corrected chi connectivity index (χ0v) is 13.3. The molecule has 2 rings (SSSR count). The molecule has 2 heterocycles. The van der Waals surface area contributed by atoms with Crippen LogP contribution in [-0.4, -0.2) is 41.5 Å². The Kier molecular flexibility index (Phi) is 5.61. The van der Waals surface area contributed by atoms with Crippen LogP contribution in [0.4, 0.5) is 0 Å². The molecule has 0 saturated carbocycles. The maximum absolute atomic E-state index is 5.89. The zero-order chi connectivity index (χ0) is 15.2. The average molecular weight is 293 g/mol. The molecule has 6 heteroatoms. The normalized spacial score (nSPS) is 20.7. The standard InChI is InChI=1S/C15H27N5O/c1-11(10-20-13(3)7-12(2)19-20)8-17-15(16)18-9-14-5-4-6-21-14/h7,11,14H,4-6,8-10H2,1-3H3,(H3,16,17,18). The fraction of sp³-hybridized carbons (Fsp3) is 0.733. The largest absolute Gasteiger partial charge is 0.376 e. The van der Waals surface area contributed by atoms with E-state index >= 15 is 0 Å². The molecule has 1 aromatic rings. The van der Waals surface area contributed by atoms with Crippen LogP contribution in [0.2, 0.25) is 0 Å². The molecule has 1 aliphatic heterocycles. The summed E-state index contributed by atoms with van der Waals surface area (Å²) in [6.45, 7) is 9.43. The first-order valence-corrected chi connectivity index (χ1v) is 7.71. The predicted molar refractivity (Wildman–Crippen MR) is 84.3 cm³/mol. The van der Waals surface area contributed by atoms with E-state index in [-0.39, 0.29) is 6.10 Å². The van der Waals surface area contributed by atoms with Gasteiger partial charge in [0.05, 0.1) is 11.8 Å². The lowest BCUT2D eigenvalue weighted by atomic mass is 10.2. The van der Waals surface area contributed by atoms with Crippen molar-refractivity contribution in [1.82, 2.24) is 15.1 Å². The Labute approximate surface area is 126 Å². The number of hydrogen-bond acceptors (Lipinski definition) is 3. The minimum Gasteiger partial charge on any atom is -0.376 e. The van der Waals surface area contributed by atoms with Gasteiger partial charge in [-0.15, -0.1) is 0 Å². The van der Waals surface area contributed by atoms with E-state index in [4.69, 9.17) is 10.5 Å². The summed E-state index contributed by atoms with van der Waals surface area (Å²) in [5.74, 6) is 0.900. The van der Waals surface area contributed by atoms with Gasteiger partial charge >= 0.3 is 0 Å². The van der Waals surface area contributed by atoms with Crippen LogP contribution in [0.1, 0.15) is 31.2 Å². The average Bonchev–Trinajstić information content (AvgIpc) is 3.04. The van der Waals surface area contributed by atoms with Crippen molar-refractivity contribution in [1.29, 1.82) is 0 Å². The van der Waals surface area contributed by atoms with Crippen LogP contribution < -0.4 is 11.1 Å². The number of nitrogens with one attached hydrogen (secondary N) is 1. The number of aliphatic imine (C=N–C) groups is 1. The SMILES string of the molecule is Cc1cc(C)n(CC(C)CN=C(N)NCC2CCCO2)n1. The zero-order valence-electron chi connectivity index (χ0n) is 13.3. The fourth-order valence-electron chi connectivity index (χ4n) is 2.55. The minimum absolute atomic E-state index is 0.283. The first-order chi connectivity index (χ1) is 10.0. The van der Waals surface area contributed by atoms with Crippen molar-refractivity contribution in [2.75, 3.05) is 19.7 Å². The summed E-state index contributed by atoms with van der Waals surface area (Å²) in [7, 11) is 0. The van der Waals surface area contributed by atoms with Crippen molar-refractivity contribution in [3.05, 3.63) is 17.5 Å². The molecule has 2 unspecified atom stereocenters. The van der Waals surface area contributed by atoms with E-state index in [1.165, 1.54) is 5.69 Å². The maximum atomic E-state index is 5.89. The molecule has 21 heavy (non-hydrogen) atoms. The molecule has 1 saturated heterocycles. The van der Waals surface area contributed by atoms with Crippen molar-refractivity contribution < 1.29 is 4.74 Å². The Morgan fingerprint density at radius 3 is 3.05 bits per heavy atom. The van der Waals surface area contributed by atoms with Crippen molar-refractivity contribution in [3.63, 3.8) is 0 Å². The summed E-state index contributed by atoms with van der Waals surface area (Å²) >= 11 is 0. The first-order valence-electron chi connectivity index (χ1n) is 7.71. The van der Waals surface area contributed by atoms with Crippen LogP contribution in [0.3, 0.4) is 0 Å². The van der Waals surface area contributed by atoms with Crippen LogP contribution in [0.5, 0.6) is 0 Å². The van der Waals surface area contributed by atoms with Gasteiger partial charge < -0.3 is 15.8 Å². The highest BCUT2D eigenvalue weighted by molar-refractivity contribution is 5.77. The van der Waals surface area contributed by atoms with Gasteiger partial charge in [0.25, 0.3) is 0 Å². The van der Waals surface area contributed by atoms with Gasteiger partial charge in [0, 0.05) is 31.9 Å². The topological polar surface area (TPSA) is 77.5 Å². The van der Waals surface area contributed by atoms with Gasteiger partial charge in [-0.3, -0.25) is 9.67 Å². The molecule has 0 bridgehead atoms. The quantitative estimate of drug-likeness (QED) is 0.611. The van der Waals surface area contributed by atoms with E-state index in [0.717, 1.165) is 38.2 Å². The number of hydrogen-bond donors (Lipinski definition) is 2. The number of rotatable bonds is 6. The summed E-state index contributed by atoms with van der Waals surface area (Å²) in [5, 5.41) is 7.61. The number of aryl methyl sites for hydroxylation is 2. The highest BCUT2D eigenvalue weighted by atomic mass is 16.5. The lowest BCUT2D eigenvalue weighted by Crippen LogP contribution is -2.37. The Morgan fingerprint density at radius 1 is 1.62 bits per heavy atom. The molecule has 0 spiro atoms. The lowest BCUT2D eigenvalue weighted by molar-refractivity contribution is 0.114. The van der Waals surface area contributed by atoms with Crippen LogP contribution in [0.15, 0.2) is 11.1 Å². The summed E-state index contributed by atoms with van der Waals surface area (Å²) in [6.07, 6.45) is 2.53. The Morgan fingerprint density at radius 2 is 2.43 bits per heavy atom. The summed E-state index contributed by atoms with van der Waals surface area (Å²) in [5.41, 5.74) is 8.13. The number of aromatic nitrogens is 2. The first kappa shape index (κ1) is 15.8. The van der Waals surface area contributed by atoms with Crippen LogP contribution >= 0.6 is 0 Å². The predicted octanol–water partition coefficient (Wildman–Crippen LogP) is 1.22. The fourth-order valence-corrected chi connectivity index (χ4v) is 2.55. The van der Waals surface area contributed by atoms with Crippen molar-refractivity contribution in [3.8, 4) is 0 Å². The third-order valence-corrected chi connectivity index (χ3v) is 3.70. The van der Waals surface area contributed by atoms with E-state index in [0.29, 0.717) is 18.4 Å². The van der Waals surface area contributed by atoms with E-state index in [1.54, 1.807) is 0 Å². The van der Waals surface area contributed by atoms with Crippen molar-refractivity contribution in [2.45, 2.75) is 46.3 Å². The second-order valence-electron chi connectivity index (χ2n) is 5.96. The van der Waals surface area contributed by atoms with E-state index in [9.17, 15) is 0 Å². The Hall–Kier alpha value is -1.56. The summed E-state index contributed by atoms with van der Waals surface area (Å²) in [6, 6.07) is 2.09. The molecule has 0 radical (unpaired) electrons. The molecular formula is C15H27N5O. The van der Waals surface area contributed by atoms with E-state index in [2.05, 4.69) is 35.3 Å². The minimum atomic E-state index is 0.283. The molecule has 1 aromatic heterocycles. The van der Waals surface area contributed by atoms with Gasteiger partial charge in [0.2, 0.25) is 0 Å². The molecule has 118 valence electrons. The maximum Gasteiger partial charge on any atom is 0.188 e. The van der Waals surface area contributed by atoms with Crippen molar-refractivity contribution >= 4 is 5.96 Å².